The van der Waals surface area contributed by atoms with Gasteiger partial charge in [0.25, 0.3) is 11.8 Å². The van der Waals surface area contributed by atoms with E-state index in [0.29, 0.717) is 5.06 Å². The van der Waals surface area contributed by atoms with E-state index in [-0.39, 0.29) is 12.5 Å². The van der Waals surface area contributed by atoms with Crippen LogP contribution in [0.4, 0.5) is 4.79 Å². The Morgan fingerprint density at radius 3 is 2.70 bits per heavy atom. The Morgan fingerprint density at radius 1 is 1.25 bits per heavy atom. The highest BCUT2D eigenvalue weighted by Gasteiger charge is 2.39. The van der Waals surface area contributed by atoms with Crippen molar-refractivity contribution in [3.63, 3.8) is 0 Å². The van der Waals surface area contributed by atoms with E-state index in [1.54, 1.807) is 6.92 Å². The van der Waals surface area contributed by atoms with E-state index in [1.165, 1.54) is 0 Å². The highest BCUT2D eigenvalue weighted by molar-refractivity contribution is 6.02. The lowest BCUT2D eigenvalue weighted by atomic mass is 10.0. The minimum absolute atomic E-state index is 0.0698. The SMILES string of the molecule is CC1CC(=O)N(OC(=O)OC2CC/C=C/CCC2)C1=O. The smallest absolute Gasteiger partial charge is 0.429 e. The second-order valence-corrected chi connectivity index (χ2v) is 5.19. The summed E-state index contributed by atoms with van der Waals surface area (Å²) in [5, 5.41) is 0.524. The molecule has 0 saturated carbocycles. The Bertz CT molecular complexity index is 431. The zero-order chi connectivity index (χ0) is 14.5. The molecule has 0 aromatic heterocycles. The van der Waals surface area contributed by atoms with Gasteiger partial charge in [-0.2, -0.15) is 0 Å². The van der Waals surface area contributed by atoms with Crippen LogP contribution in [0.25, 0.3) is 0 Å². The van der Waals surface area contributed by atoms with Crippen LogP contribution in [0.2, 0.25) is 0 Å². The molecule has 2 amide bonds. The summed E-state index contributed by atoms with van der Waals surface area (Å²) in [7, 11) is 0. The van der Waals surface area contributed by atoms with Gasteiger partial charge in [0.05, 0.1) is 0 Å². The van der Waals surface area contributed by atoms with Gasteiger partial charge in [-0.25, -0.2) is 4.79 Å². The highest BCUT2D eigenvalue weighted by atomic mass is 16.8. The maximum atomic E-state index is 11.7. The number of hydroxylamine groups is 2. The molecule has 1 heterocycles. The molecule has 110 valence electrons. The van der Waals surface area contributed by atoms with Crippen LogP contribution in [-0.4, -0.2) is 29.1 Å². The Hall–Kier alpha value is -1.85. The van der Waals surface area contributed by atoms with E-state index in [2.05, 4.69) is 12.2 Å². The van der Waals surface area contributed by atoms with Crippen molar-refractivity contribution in [1.82, 2.24) is 5.06 Å². The molecular formula is C14H19NO5. The van der Waals surface area contributed by atoms with Crippen molar-refractivity contribution in [2.75, 3.05) is 0 Å². The predicted molar refractivity (Wildman–Crippen MR) is 69.2 cm³/mol. The zero-order valence-electron chi connectivity index (χ0n) is 11.5. The van der Waals surface area contributed by atoms with Gasteiger partial charge in [0.15, 0.2) is 0 Å². The lowest BCUT2D eigenvalue weighted by Gasteiger charge is -2.19. The van der Waals surface area contributed by atoms with Crippen molar-refractivity contribution in [3.05, 3.63) is 12.2 Å². The third-order valence-corrected chi connectivity index (χ3v) is 3.48. The normalized spacial score (nSPS) is 28.8. The van der Waals surface area contributed by atoms with E-state index in [9.17, 15) is 14.4 Å². The van der Waals surface area contributed by atoms with Gasteiger partial charge in [-0.1, -0.05) is 24.1 Å². The number of carbonyl (C=O) groups excluding carboxylic acids is 3. The van der Waals surface area contributed by atoms with Gasteiger partial charge in [0, 0.05) is 12.3 Å². The topological polar surface area (TPSA) is 72.9 Å². The number of imide groups is 1. The Balaban J connectivity index is 1.84. The molecule has 6 heteroatoms. The second kappa shape index (κ2) is 6.54. The molecule has 1 aliphatic carbocycles. The van der Waals surface area contributed by atoms with Crippen LogP contribution in [0.5, 0.6) is 0 Å². The number of amides is 2. The van der Waals surface area contributed by atoms with Crippen molar-refractivity contribution < 1.29 is 24.0 Å². The number of hydrogen-bond acceptors (Lipinski definition) is 5. The molecule has 2 aliphatic rings. The molecular weight excluding hydrogens is 262 g/mol. The Labute approximate surface area is 117 Å². The van der Waals surface area contributed by atoms with Crippen LogP contribution >= 0.6 is 0 Å². The molecule has 1 fully saturated rings. The van der Waals surface area contributed by atoms with Gasteiger partial charge in [0.1, 0.15) is 6.10 Å². The summed E-state index contributed by atoms with van der Waals surface area (Å²) in [6.45, 7) is 1.62. The molecule has 0 spiro atoms. The van der Waals surface area contributed by atoms with Gasteiger partial charge in [-0.3, -0.25) is 14.4 Å². The number of ether oxygens (including phenoxy) is 1. The standard InChI is InChI=1S/C14H19NO5/c1-10-9-12(16)15(13(10)17)20-14(18)19-11-7-5-3-2-4-6-8-11/h2-3,10-11H,4-9H2,1H3/b3-2+. The van der Waals surface area contributed by atoms with E-state index in [4.69, 9.17) is 9.57 Å². The van der Waals surface area contributed by atoms with Crippen LogP contribution in [0, 0.1) is 5.92 Å². The first-order valence-electron chi connectivity index (χ1n) is 6.98. The number of hydrogen-bond donors (Lipinski definition) is 0. The van der Waals surface area contributed by atoms with Crippen molar-refractivity contribution in [1.29, 1.82) is 0 Å². The van der Waals surface area contributed by atoms with Gasteiger partial charge < -0.3 is 4.74 Å². The van der Waals surface area contributed by atoms with Crippen LogP contribution in [0.1, 0.15) is 45.4 Å². The van der Waals surface area contributed by atoms with Gasteiger partial charge in [0.2, 0.25) is 0 Å². The molecule has 2 rings (SSSR count). The van der Waals surface area contributed by atoms with Crippen molar-refractivity contribution in [3.8, 4) is 0 Å². The van der Waals surface area contributed by atoms with Crippen molar-refractivity contribution in [2.45, 2.75) is 51.6 Å². The summed E-state index contributed by atoms with van der Waals surface area (Å²) in [5.74, 6) is -1.44. The molecule has 0 aromatic rings. The number of allylic oxidation sites excluding steroid dienone is 2. The quantitative estimate of drug-likeness (QED) is 0.441. The summed E-state index contributed by atoms with van der Waals surface area (Å²) in [6, 6.07) is 0. The van der Waals surface area contributed by atoms with E-state index >= 15 is 0 Å². The number of rotatable bonds is 2. The van der Waals surface area contributed by atoms with E-state index in [1.807, 2.05) is 0 Å². The monoisotopic (exact) mass is 281 g/mol. The van der Waals surface area contributed by atoms with Crippen LogP contribution in [-0.2, 0) is 19.2 Å². The van der Waals surface area contributed by atoms with Crippen LogP contribution in [0.15, 0.2) is 12.2 Å². The molecule has 1 aliphatic heterocycles. The first-order valence-corrected chi connectivity index (χ1v) is 6.98. The Morgan fingerprint density at radius 2 is 2.00 bits per heavy atom. The fourth-order valence-corrected chi connectivity index (χ4v) is 2.33. The molecule has 2 atom stereocenters. The van der Waals surface area contributed by atoms with Gasteiger partial charge in [-0.15, -0.1) is 0 Å². The molecule has 1 saturated heterocycles. The second-order valence-electron chi connectivity index (χ2n) is 5.19. The van der Waals surface area contributed by atoms with E-state index < -0.39 is 23.9 Å². The third kappa shape index (κ3) is 3.59. The molecule has 0 N–H and O–H groups in total. The first-order chi connectivity index (χ1) is 9.58. The molecule has 6 nitrogen and oxygen atoms in total. The molecule has 0 bridgehead atoms. The summed E-state index contributed by atoms with van der Waals surface area (Å²) < 4.78 is 5.18. The summed E-state index contributed by atoms with van der Waals surface area (Å²) >= 11 is 0. The predicted octanol–water partition coefficient (Wildman–Crippen LogP) is 2.34. The van der Waals surface area contributed by atoms with Crippen molar-refractivity contribution in [2.24, 2.45) is 5.92 Å². The fraction of sp³-hybridized carbons (Fsp3) is 0.643. The zero-order valence-corrected chi connectivity index (χ0v) is 11.5. The van der Waals surface area contributed by atoms with Gasteiger partial charge >= 0.3 is 6.16 Å². The molecule has 2 unspecified atom stereocenters. The van der Waals surface area contributed by atoms with Crippen molar-refractivity contribution >= 4 is 18.0 Å². The highest BCUT2D eigenvalue weighted by Crippen LogP contribution is 2.21. The number of nitrogens with zero attached hydrogens (tertiary/aromatic N) is 1. The number of carbonyl (C=O) groups is 3. The Kier molecular flexibility index (Phi) is 4.76. The van der Waals surface area contributed by atoms with Crippen LogP contribution in [0.3, 0.4) is 0 Å². The summed E-state index contributed by atoms with van der Waals surface area (Å²) in [4.78, 5) is 39.5. The maximum Gasteiger partial charge on any atom is 0.534 e. The van der Waals surface area contributed by atoms with Gasteiger partial charge in [-0.05, 0) is 32.1 Å². The molecule has 0 radical (unpaired) electrons. The lowest BCUT2D eigenvalue weighted by molar-refractivity contribution is -0.179. The van der Waals surface area contributed by atoms with Crippen LogP contribution < -0.4 is 0 Å². The molecule has 20 heavy (non-hydrogen) atoms. The largest absolute Gasteiger partial charge is 0.534 e. The lowest BCUT2D eigenvalue weighted by Crippen LogP contribution is -2.34. The first kappa shape index (κ1) is 14.6. The minimum atomic E-state index is -0.977. The van der Waals surface area contributed by atoms with E-state index in [0.717, 1.165) is 32.1 Å². The molecule has 0 aromatic carbocycles. The summed E-state index contributed by atoms with van der Waals surface area (Å²) in [5.41, 5.74) is 0. The maximum absolute atomic E-state index is 11.7. The third-order valence-electron chi connectivity index (χ3n) is 3.48. The minimum Gasteiger partial charge on any atom is -0.429 e. The fourth-order valence-electron chi connectivity index (χ4n) is 2.33. The summed E-state index contributed by atoms with van der Waals surface area (Å²) in [6.07, 6.45) is 7.29. The average molecular weight is 281 g/mol. The average Bonchev–Trinajstić information content (AvgIpc) is 2.59.